The number of carbonyl (C=O) groups is 2. The maximum Gasteiger partial charge on any atom is 0.309 e. The number of Topliss-reactive ketones (excluding diaryl/α,β-unsaturated/α-hetero) is 1. The van der Waals surface area contributed by atoms with Crippen LogP contribution in [-0.4, -0.2) is 55.8 Å². The molecule has 2 saturated heterocycles. The summed E-state index contributed by atoms with van der Waals surface area (Å²) in [5.41, 5.74) is 0.615. The average molecular weight is 510 g/mol. The lowest BCUT2D eigenvalue weighted by molar-refractivity contribution is -0.154. The van der Waals surface area contributed by atoms with Crippen LogP contribution in [0.4, 0.5) is 0 Å². The van der Waals surface area contributed by atoms with Crippen molar-refractivity contribution < 1.29 is 24.5 Å². The highest BCUT2D eigenvalue weighted by Gasteiger charge is 2.44. The van der Waals surface area contributed by atoms with Crippen LogP contribution < -0.4 is 0 Å². The average Bonchev–Trinajstić information content (AvgIpc) is 3.38. The number of ether oxygens (including phenoxy) is 1. The van der Waals surface area contributed by atoms with Gasteiger partial charge in [-0.1, -0.05) is 34.1 Å². The number of fused-ring (bicyclic) bond motifs is 1. The van der Waals surface area contributed by atoms with Crippen LogP contribution in [0.5, 0.6) is 0 Å². The number of esters is 1. The number of carbonyl (C=O) groups excluding carboxylic acids is 2. The molecule has 2 aliphatic heterocycles. The molecule has 0 amide bonds. The Balaban J connectivity index is 1.81. The Morgan fingerprint density at radius 3 is 2.56 bits per heavy atom. The van der Waals surface area contributed by atoms with E-state index >= 15 is 0 Å². The number of aromatic nitrogens is 1. The van der Waals surface area contributed by atoms with E-state index in [4.69, 9.17) is 4.74 Å². The Hall–Kier alpha value is -1.22. The van der Waals surface area contributed by atoms with Crippen LogP contribution in [-0.2, 0) is 14.3 Å². The zero-order chi connectivity index (χ0) is 25.2. The van der Waals surface area contributed by atoms with E-state index in [9.17, 15) is 19.8 Å². The maximum absolute atomic E-state index is 13.2. The minimum Gasteiger partial charge on any atom is -0.458 e. The number of ketones is 1. The van der Waals surface area contributed by atoms with Crippen LogP contribution in [0.25, 0.3) is 6.08 Å². The SMILES string of the molecule is CC(=Cc1csc(C)n1)[C@H]1C[C@@H]2S[C@H]2CCC[C@@H](C)[C@@H](O)[C@H](C)C(=O)C(C)(C)[C@H](O)CC(=O)O1. The minimum atomic E-state index is -1.19. The van der Waals surface area contributed by atoms with Crippen molar-refractivity contribution in [2.45, 2.75) is 102 Å². The summed E-state index contributed by atoms with van der Waals surface area (Å²) in [4.78, 5) is 30.6. The van der Waals surface area contributed by atoms with Crippen LogP contribution in [0.1, 0.15) is 77.4 Å². The number of thioether (sulfide) groups is 1. The lowest BCUT2D eigenvalue weighted by Crippen LogP contribution is -2.45. The van der Waals surface area contributed by atoms with Gasteiger partial charge in [-0.25, -0.2) is 4.98 Å². The normalized spacial score (nSPS) is 36.0. The summed E-state index contributed by atoms with van der Waals surface area (Å²) >= 11 is 3.49. The number of rotatable bonds is 2. The molecule has 7 atom stereocenters. The molecule has 0 aromatic carbocycles. The Morgan fingerprint density at radius 1 is 1.21 bits per heavy atom. The molecule has 6 nitrogen and oxygen atoms in total. The highest BCUT2D eigenvalue weighted by molar-refractivity contribution is 8.07. The number of aliphatic hydroxyl groups excluding tert-OH is 2. The molecule has 2 aliphatic rings. The highest BCUT2D eigenvalue weighted by atomic mass is 32.2. The van der Waals surface area contributed by atoms with Gasteiger partial charge in [0.2, 0.25) is 0 Å². The zero-order valence-corrected chi connectivity index (χ0v) is 22.7. The Kier molecular flexibility index (Phi) is 9.04. The second-order valence-electron chi connectivity index (χ2n) is 10.6. The minimum absolute atomic E-state index is 0.00791. The van der Waals surface area contributed by atoms with Crippen molar-refractivity contribution in [1.29, 1.82) is 0 Å². The molecule has 0 aliphatic carbocycles. The van der Waals surface area contributed by atoms with Crippen molar-refractivity contribution in [2.75, 3.05) is 0 Å². The summed E-state index contributed by atoms with van der Waals surface area (Å²) in [6.07, 6.45) is 2.95. The first kappa shape index (κ1) is 27.4. The summed E-state index contributed by atoms with van der Waals surface area (Å²) < 4.78 is 5.89. The zero-order valence-electron chi connectivity index (χ0n) is 21.1. The Labute approximate surface area is 211 Å². The molecule has 34 heavy (non-hydrogen) atoms. The molecule has 2 N–H and O–H groups in total. The second-order valence-corrected chi connectivity index (χ2v) is 13.1. The van der Waals surface area contributed by atoms with E-state index in [2.05, 4.69) is 4.98 Å². The van der Waals surface area contributed by atoms with Gasteiger partial charge in [0.15, 0.2) is 0 Å². The van der Waals surface area contributed by atoms with Gasteiger partial charge in [0.1, 0.15) is 11.9 Å². The molecule has 190 valence electrons. The first-order chi connectivity index (χ1) is 15.9. The van der Waals surface area contributed by atoms with Gasteiger partial charge in [0, 0.05) is 28.2 Å². The molecular weight excluding hydrogens is 470 g/mol. The van der Waals surface area contributed by atoms with Gasteiger partial charge in [-0.05, 0) is 44.3 Å². The molecule has 0 bridgehead atoms. The number of aryl methyl sites for hydroxylation is 1. The molecule has 0 unspecified atom stereocenters. The summed E-state index contributed by atoms with van der Waals surface area (Å²) in [5, 5.41) is 25.5. The fourth-order valence-corrected chi connectivity index (χ4v) is 6.55. The fraction of sp³-hybridized carbons (Fsp3) is 0.731. The smallest absolute Gasteiger partial charge is 0.309 e. The topological polar surface area (TPSA) is 96.7 Å². The molecule has 8 heteroatoms. The monoisotopic (exact) mass is 509 g/mol. The summed E-state index contributed by atoms with van der Waals surface area (Å²) in [6, 6.07) is 0. The van der Waals surface area contributed by atoms with Gasteiger partial charge >= 0.3 is 5.97 Å². The number of nitrogens with zero attached hydrogens (tertiary/aromatic N) is 1. The van der Waals surface area contributed by atoms with Crippen LogP contribution in [0.2, 0.25) is 0 Å². The van der Waals surface area contributed by atoms with Gasteiger partial charge in [-0.3, -0.25) is 9.59 Å². The van der Waals surface area contributed by atoms with Crippen molar-refractivity contribution in [1.82, 2.24) is 4.98 Å². The van der Waals surface area contributed by atoms with Gasteiger partial charge in [-0.2, -0.15) is 11.8 Å². The van der Waals surface area contributed by atoms with Crippen molar-refractivity contribution >= 4 is 40.9 Å². The van der Waals surface area contributed by atoms with E-state index in [1.807, 2.05) is 44.0 Å². The molecule has 0 spiro atoms. The van der Waals surface area contributed by atoms with Crippen LogP contribution in [0.15, 0.2) is 11.0 Å². The predicted octanol–water partition coefficient (Wildman–Crippen LogP) is 4.80. The lowest BCUT2D eigenvalue weighted by Gasteiger charge is -2.34. The maximum atomic E-state index is 13.2. The van der Waals surface area contributed by atoms with E-state index in [1.54, 1.807) is 32.1 Å². The third-order valence-corrected chi connectivity index (χ3v) is 9.67. The summed E-state index contributed by atoms with van der Waals surface area (Å²) in [7, 11) is 0. The van der Waals surface area contributed by atoms with Crippen molar-refractivity contribution in [2.24, 2.45) is 17.3 Å². The molecule has 3 heterocycles. The number of hydrogen-bond acceptors (Lipinski definition) is 8. The molecule has 3 rings (SSSR count). The second kappa shape index (κ2) is 11.2. The van der Waals surface area contributed by atoms with Gasteiger partial charge in [-0.15, -0.1) is 11.3 Å². The van der Waals surface area contributed by atoms with Gasteiger partial charge < -0.3 is 14.9 Å². The molecule has 0 radical (unpaired) electrons. The van der Waals surface area contributed by atoms with Gasteiger partial charge in [0.05, 0.1) is 34.7 Å². The molecule has 2 fully saturated rings. The predicted molar refractivity (Wildman–Crippen MR) is 138 cm³/mol. The van der Waals surface area contributed by atoms with Crippen LogP contribution in [0.3, 0.4) is 0 Å². The number of aliphatic hydroxyl groups is 2. The summed E-state index contributed by atoms with van der Waals surface area (Å²) in [6.45, 7) is 10.9. The van der Waals surface area contributed by atoms with E-state index in [1.165, 1.54) is 0 Å². The lowest BCUT2D eigenvalue weighted by atomic mass is 9.73. The molecule has 1 aromatic rings. The molecule has 0 saturated carbocycles. The highest BCUT2D eigenvalue weighted by Crippen LogP contribution is 2.48. The van der Waals surface area contributed by atoms with Crippen molar-refractivity contribution in [3.05, 3.63) is 21.7 Å². The first-order valence-corrected chi connectivity index (χ1v) is 14.1. The Bertz CT molecular complexity index is 911. The third-order valence-electron chi connectivity index (χ3n) is 7.41. The number of cyclic esters (lactones) is 1. The largest absolute Gasteiger partial charge is 0.458 e. The van der Waals surface area contributed by atoms with Gasteiger partial charge in [0.25, 0.3) is 0 Å². The molecular formula is C26H39NO5S2. The van der Waals surface area contributed by atoms with E-state index < -0.39 is 35.6 Å². The van der Waals surface area contributed by atoms with Crippen LogP contribution >= 0.6 is 23.1 Å². The third kappa shape index (κ3) is 6.71. The summed E-state index contributed by atoms with van der Waals surface area (Å²) in [5.74, 6) is -1.38. The van der Waals surface area contributed by atoms with E-state index in [-0.39, 0.29) is 18.1 Å². The van der Waals surface area contributed by atoms with Crippen molar-refractivity contribution in [3.8, 4) is 0 Å². The standard InChI is InChI=1S/C26H39NO5S2/c1-14-8-7-9-20-21(34-20)11-19(15(2)10-18-13-33-17(4)27-18)32-23(29)12-22(28)26(5,6)25(31)16(3)24(14)30/h10,13-14,16,19-22,24,28,30H,7-9,11-12H2,1-6H3/t14-,16+,19-,20+,21+,22-,24-/m1/s1. The molecule has 1 aromatic heterocycles. The number of thiazole rings is 1. The quantitative estimate of drug-likeness (QED) is 0.436. The van der Waals surface area contributed by atoms with E-state index in [0.29, 0.717) is 10.5 Å². The number of hydrogen-bond donors (Lipinski definition) is 2. The first-order valence-electron chi connectivity index (χ1n) is 12.3. The van der Waals surface area contributed by atoms with Crippen LogP contribution in [0, 0.1) is 24.2 Å². The fourth-order valence-electron chi connectivity index (χ4n) is 4.78. The Morgan fingerprint density at radius 2 is 1.91 bits per heavy atom. The van der Waals surface area contributed by atoms with Crippen molar-refractivity contribution in [3.63, 3.8) is 0 Å². The van der Waals surface area contributed by atoms with E-state index in [0.717, 1.165) is 42.0 Å².